The zero-order chi connectivity index (χ0) is 8.55. The zero-order valence-electron chi connectivity index (χ0n) is 7.10. The van der Waals surface area contributed by atoms with Gasteiger partial charge in [-0.2, -0.15) is 0 Å². The maximum atomic E-state index is 9.38. The molecule has 0 aromatic rings. The Kier molecular flexibility index (Phi) is 2.32. The van der Waals surface area contributed by atoms with E-state index in [-0.39, 0.29) is 18.3 Å². The van der Waals surface area contributed by atoms with E-state index in [1.165, 1.54) is 0 Å². The third-order valence-corrected chi connectivity index (χ3v) is 2.36. The van der Waals surface area contributed by atoms with Gasteiger partial charge in [0.2, 0.25) is 0 Å². The van der Waals surface area contributed by atoms with Crippen molar-refractivity contribution in [1.29, 1.82) is 0 Å². The predicted octanol–water partition coefficient (Wildman–Crippen LogP) is -0.450. The van der Waals surface area contributed by atoms with Crippen molar-refractivity contribution in [2.24, 2.45) is 0 Å². The second kappa shape index (κ2) is 3.30. The summed E-state index contributed by atoms with van der Waals surface area (Å²) in [7, 11) is 0. The van der Waals surface area contributed by atoms with Gasteiger partial charge in [-0.3, -0.25) is 0 Å². The molecule has 0 bridgehead atoms. The molecule has 2 fully saturated rings. The zero-order valence-corrected chi connectivity index (χ0v) is 7.10. The summed E-state index contributed by atoms with van der Waals surface area (Å²) < 4.78 is 16.1. The van der Waals surface area contributed by atoms with E-state index in [1.54, 1.807) is 0 Å². The Morgan fingerprint density at radius 3 is 2.83 bits per heavy atom. The number of fused-ring (bicyclic) bond motifs is 1. The summed E-state index contributed by atoms with van der Waals surface area (Å²) in [5, 5.41) is 9.38. The molecule has 1 unspecified atom stereocenters. The average molecular weight is 174 g/mol. The third kappa shape index (κ3) is 1.25. The monoisotopic (exact) mass is 174 g/mol. The van der Waals surface area contributed by atoms with Crippen LogP contribution in [0.3, 0.4) is 0 Å². The van der Waals surface area contributed by atoms with E-state index in [0.717, 1.165) is 0 Å². The van der Waals surface area contributed by atoms with Crippen LogP contribution in [0.15, 0.2) is 0 Å². The maximum absolute atomic E-state index is 9.38. The second-order valence-electron chi connectivity index (χ2n) is 3.16. The first kappa shape index (κ1) is 8.44. The predicted molar refractivity (Wildman–Crippen MR) is 40.9 cm³/mol. The number of hydrogen-bond acceptors (Lipinski definition) is 4. The van der Waals surface area contributed by atoms with Crippen molar-refractivity contribution in [3.8, 4) is 0 Å². The van der Waals surface area contributed by atoms with Crippen molar-refractivity contribution in [1.82, 2.24) is 0 Å². The van der Waals surface area contributed by atoms with Gasteiger partial charge in [0.1, 0.15) is 24.4 Å². The van der Waals surface area contributed by atoms with Crippen molar-refractivity contribution in [3.05, 3.63) is 0 Å². The Morgan fingerprint density at radius 2 is 2.08 bits per heavy atom. The van der Waals surface area contributed by atoms with E-state index >= 15 is 0 Å². The molecule has 0 amide bonds. The standard InChI is InChI=1S/C8H14O4/c1-2-10-6-4-12-7-5(9)3-11-8(6)7/h5-9H,2-4H2,1H3/t5-,6?,7+,8+/m0/s1. The van der Waals surface area contributed by atoms with Crippen LogP contribution in [0.2, 0.25) is 0 Å². The van der Waals surface area contributed by atoms with Gasteiger partial charge in [0.05, 0.1) is 13.2 Å². The molecule has 70 valence electrons. The molecule has 0 aromatic carbocycles. The summed E-state index contributed by atoms with van der Waals surface area (Å²) in [6, 6.07) is 0. The van der Waals surface area contributed by atoms with Crippen molar-refractivity contribution in [3.63, 3.8) is 0 Å². The van der Waals surface area contributed by atoms with E-state index in [9.17, 15) is 5.11 Å². The summed E-state index contributed by atoms with van der Waals surface area (Å²) in [5.41, 5.74) is 0. The van der Waals surface area contributed by atoms with Gasteiger partial charge in [0, 0.05) is 6.61 Å². The molecule has 2 saturated heterocycles. The maximum Gasteiger partial charge on any atom is 0.115 e. The Labute approximate surface area is 71.4 Å². The minimum atomic E-state index is -0.472. The molecular weight excluding hydrogens is 160 g/mol. The summed E-state index contributed by atoms with van der Waals surface area (Å²) in [6.07, 6.45) is -0.681. The number of ether oxygens (including phenoxy) is 3. The second-order valence-corrected chi connectivity index (χ2v) is 3.16. The van der Waals surface area contributed by atoms with Gasteiger partial charge in [-0.1, -0.05) is 0 Å². The summed E-state index contributed by atoms with van der Waals surface area (Å²) in [5.74, 6) is 0. The highest BCUT2D eigenvalue weighted by molar-refractivity contribution is 4.94. The number of aliphatic hydroxyl groups excluding tert-OH is 1. The molecule has 12 heavy (non-hydrogen) atoms. The molecule has 0 radical (unpaired) electrons. The molecule has 1 N–H and O–H groups in total. The number of hydrogen-bond donors (Lipinski definition) is 1. The van der Waals surface area contributed by atoms with Gasteiger partial charge < -0.3 is 19.3 Å². The van der Waals surface area contributed by atoms with Gasteiger partial charge in [-0.15, -0.1) is 0 Å². The largest absolute Gasteiger partial charge is 0.388 e. The SMILES string of the molecule is CCOC1CO[C@H]2[C@@H]1OC[C@@H]2O. The molecule has 0 spiro atoms. The van der Waals surface area contributed by atoms with E-state index in [2.05, 4.69) is 0 Å². The number of rotatable bonds is 2. The summed E-state index contributed by atoms with van der Waals surface area (Å²) in [6.45, 7) is 3.52. The van der Waals surface area contributed by atoms with E-state index < -0.39 is 6.10 Å². The molecule has 4 atom stereocenters. The lowest BCUT2D eigenvalue weighted by atomic mass is 10.1. The highest BCUT2D eigenvalue weighted by Crippen LogP contribution is 2.28. The van der Waals surface area contributed by atoms with Crippen LogP contribution < -0.4 is 0 Å². The fourth-order valence-electron chi connectivity index (χ4n) is 1.80. The van der Waals surface area contributed by atoms with Crippen LogP contribution in [0.4, 0.5) is 0 Å². The van der Waals surface area contributed by atoms with Crippen LogP contribution >= 0.6 is 0 Å². The molecule has 2 heterocycles. The summed E-state index contributed by atoms with van der Waals surface area (Å²) >= 11 is 0. The molecule has 4 heteroatoms. The molecule has 0 aliphatic carbocycles. The van der Waals surface area contributed by atoms with Gasteiger partial charge in [-0.05, 0) is 6.92 Å². The van der Waals surface area contributed by atoms with Crippen LogP contribution in [-0.2, 0) is 14.2 Å². The normalized spacial score (nSPS) is 46.5. The first-order valence-corrected chi connectivity index (χ1v) is 4.35. The van der Waals surface area contributed by atoms with E-state index in [0.29, 0.717) is 19.8 Å². The van der Waals surface area contributed by atoms with Gasteiger partial charge in [0.25, 0.3) is 0 Å². The highest BCUT2D eigenvalue weighted by atomic mass is 16.6. The first-order valence-electron chi connectivity index (χ1n) is 4.35. The Hall–Kier alpha value is -0.160. The van der Waals surface area contributed by atoms with Crippen molar-refractivity contribution < 1.29 is 19.3 Å². The molecule has 0 saturated carbocycles. The van der Waals surface area contributed by atoms with E-state index in [4.69, 9.17) is 14.2 Å². The first-order chi connectivity index (χ1) is 5.83. The Bertz CT molecular complexity index is 161. The van der Waals surface area contributed by atoms with Gasteiger partial charge in [-0.25, -0.2) is 0 Å². The lowest BCUT2D eigenvalue weighted by molar-refractivity contribution is -0.0327. The minimum Gasteiger partial charge on any atom is -0.388 e. The highest BCUT2D eigenvalue weighted by Gasteiger charge is 2.47. The average Bonchev–Trinajstić information content (AvgIpc) is 2.58. The van der Waals surface area contributed by atoms with Crippen molar-refractivity contribution in [2.45, 2.75) is 31.3 Å². The van der Waals surface area contributed by atoms with Crippen LogP contribution in [0.1, 0.15) is 6.92 Å². The Morgan fingerprint density at radius 1 is 1.33 bits per heavy atom. The van der Waals surface area contributed by atoms with Crippen LogP contribution in [0, 0.1) is 0 Å². The van der Waals surface area contributed by atoms with Crippen LogP contribution in [0.25, 0.3) is 0 Å². The quantitative estimate of drug-likeness (QED) is 0.616. The molecule has 0 aromatic heterocycles. The fraction of sp³-hybridized carbons (Fsp3) is 1.00. The van der Waals surface area contributed by atoms with Gasteiger partial charge in [0.15, 0.2) is 0 Å². The fourth-order valence-corrected chi connectivity index (χ4v) is 1.80. The van der Waals surface area contributed by atoms with Crippen molar-refractivity contribution >= 4 is 0 Å². The Balaban J connectivity index is 1.96. The molecule has 2 aliphatic heterocycles. The molecule has 2 aliphatic rings. The topological polar surface area (TPSA) is 47.9 Å². The lowest BCUT2D eigenvalue weighted by Crippen LogP contribution is -2.32. The molecular formula is C8H14O4. The third-order valence-electron chi connectivity index (χ3n) is 2.36. The minimum absolute atomic E-state index is 0.0112. The van der Waals surface area contributed by atoms with Gasteiger partial charge >= 0.3 is 0 Å². The molecule has 2 rings (SSSR count). The molecule has 4 nitrogen and oxygen atoms in total. The van der Waals surface area contributed by atoms with Crippen LogP contribution in [-0.4, -0.2) is 49.3 Å². The van der Waals surface area contributed by atoms with Crippen molar-refractivity contribution in [2.75, 3.05) is 19.8 Å². The summed E-state index contributed by atoms with van der Waals surface area (Å²) in [4.78, 5) is 0. The lowest BCUT2D eigenvalue weighted by Gasteiger charge is -2.14. The van der Waals surface area contributed by atoms with Crippen LogP contribution in [0.5, 0.6) is 0 Å². The number of aliphatic hydroxyl groups is 1. The van der Waals surface area contributed by atoms with E-state index in [1.807, 2.05) is 6.92 Å². The smallest absolute Gasteiger partial charge is 0.115 e.